The molecule has 0 saturated carbocycles. The number of primary amides is 2. The van der Waals surface area contributed by atoms with Gasteiger partial charge in [-0.15, -0.1) is 0 Å². The molecule has 2 aliphatic rings. The SMILES string of the molecule is NC(=O)CCCCCCCCCOC[C@H](CCC(N)=O)NC(=O)[C@@H]1Cc2cccc3c2N1C(=O)CCC3. The molecule has 0 bridgehead atoms. The lowest BCUT2D eigenvalue weighted by atomic mass is 10.0. The quantitative estimate of drug-likeness (QED) is 0.274. The average Bonchev–Trinajstić information content (AvgIpc) is 3.17. The van der Waals surface area contributed by atoms with E-state index < -0.39 is 11.9 Å². The molecule has 0 unspecified atom stereocenters. The van der Waals surface area contributed by atoms with Gasteiger partial charge in [0.15, 0.2) is 0 Å². The second-order valence-corrected chi connectivity index (χ2v) is 10.2. The number of nitrogens with zero attached hydrogens (tertiary/aromatic N) is 1. The lowest BCUT2D eigenvalue weighted by molar-refractivity contribution is -0.127. The third kappa shape index (κ3) is 8.84. The molecule has 1 aromatic carbocycles. The third-order valence-corrected chi connectivity index (χ3v) is 7.19. The van der Waals surface area contributed by atoms with Crippen molar-refractivity contribution >= 4 is 29.3 Å². The fourth-order valence-corrected chi connectivity index (χ4v) is 5.26. The maximum atomic E-state index is 13.3. The van der Waals surface area contributed by atoms with Crippen LogP contribution in [0.1, 0.15) is 88.2 Å². The van der Waals surface area contributed by atoms with Crippen LogP contribution in [0.3, 0.4) is 0 Å². The van der Waals surface area contributed by atoms with Crippen molar-refractivity contribution in [3.8, 4) is 0 Å². The molecule has 0 saturated heterocycles. The van der Waals surface area contributed by atoms with Gasteiger partial charge in [-0.3, -0.25) is 24.1 Å². The van der Waals surface area contributed by atoms with Gasteiger partial charge in [0.25, 0.3) is 0 Å². The van der Waals surface area contributed by atoms with Crippen LogP contribution in [-0.2, 0) is 36.8 Å². The van der Waals surface area contributed by atoms with Gasteiger partial charge in [-0.2, -0.15) is 0 Å². The molecule has 0 fully saturated rings. The normalized spacial score (nSPS) is 17.2. The second-order valence-electron chi connectivity index (χ2n) is 10.2. The molecule has 9 nitrogen and oxygen atoms in total. The molecule has 3 rings (SSSR count). The van der Waals surface area contributed by atoms with Crippen LogP contribution in [0, 0.1) is 0 Å². The molecule has 2 heterocycles. The highest BCUT2D eigenvalue weighted by molar-refractivity contribution is 6.04. The molecular formula is C28H42N4O5. The molecule has 5 N–H and O–H groups in total. The number of nitrogens with two attached hydrogens (primary N) is 2. The van der Waals surface area contributed by atoms with Crippen molar-refractivity contribution in [2.75, 3.05) is 18.1 Å². The average molecular weight is 515 g/mol. The van der Waals surface area contributed by atoms with Crippen LogP contribution in [0.4, 0.5) is 5.69 Å². The first kappa shape index (κ1) is 28.6. The van der Waals surface area contributed by atoms with E-state index in [-0.39, 0.29) is 30.2 Å². The first-order valence-electron chi connectivity index (χ1n) is 13.7. The van der Waals surface area contributed by atoms with E-state index in [0.717, 1.165) is 74.6 Å². The molecule has 1 aromatic rings. The van der Waals surface area contributed by atoms with Gasteiger partial charge in [-0.25, -0.2) is 0 Å². The molecule has 9 heteroatoms. The minimum Gasteiger partial charge on any atom is -0.379 e. The molecule has 0 spiro atoms. The fourth-order valence-electron chi connectivity index (χ4n) is 5.26. The van der Waals surface area contributed by atoms with Crippen LogP contribution in [0.5, 0.6) is 0 Å². The highest BCUT2D eigenvalue weighted by atomic mass is 16.5. The standard InChI is InChI=1S/C28H42N4O5/c29-24(33)13-6-4-2-1-3-5-7-17-37-19-22(15-16-25(30)34)31-28(36)23-18-21-12-8-10-20-11-9-14-26(35)32(23)27(20)21/h8,10,12,22-23H,1-7,9,11,13-19H2,(H2,29,33)(H2,30,34)(H,31,36)/t22-,23-/m0/s1. The summed E-state index contributed by atoms with van der Waals surface area (Å²) in [7, 11) is 0. The summed E-state index contributed by atoms with van der Waals surface area (Å²) in [6.07, 6.45) is 10.7. The number of ether oxygens (including phenoxy) is 1. The zero-order valence-corrected chi connectivity index (χ0v) is 21.8. The Morgan fingerprint density at radius 2 is 1.62 bits per heavy atom. The first-order chi connectivity index (χ1) is 17.9. The van der Waals surface area contributed by atoms with Gasteiger partial charge in [0.1, 0.15) is 6.04 Å². The Labute approximate surface area is 219 Å². The zero-order chi connectivity index (χ0) is 26.6. The smallest absolute Gasteiger partial charge is 0.243 e. The Balaban J connectivity index is 1.44. The topological polar surface area (TPSA) is 145 Å². The number of carbonyl (C=O) groups is 4. The summed E-state index contributed by atoms with van der Waals surface area (Å²) < 4.78 is 5.85. The summed E-state index contributed by atoms with van der Waals surface area (Å²) in [5.74, 6) is -0.885. The number of aryl methyl sites for hydroxylation is 1. The summed E-state index contributed by atoms with van der Waals surface area (Å²) in [4.78, 5) is 50.1. The zero-order valence-electron chi connectivity index (χ0n) is 21.8. The van der Waals surface area contributed by atoms with E-state index in [9.17, 15) is 19.2 Å². The summed E-state index contributed by atoms with van der Waals surface area (Å²) in [6.45, 7) is 0.873. The Morgan fingerprint density at radius 3 is 2.35 bits per heavy atom. The molecule has 0 aromatic heterocycles. The lowest BCUT2D eigenvalue weighted by Gasteiger charge is -2.27. The molecule has 204 valence electrons. The number of para-hydroxylation sites is 1. The molecule has 0 aliphatic carbocycles. The maximum absolute atomic E-state index is 13.3. The maximum Gasteiger partial charge on any atom is 0.243 e. The molecular weight excluding hydrogens is 472 g/mol. The Hall–Kier alpha value is -2.94. The highest BCUT2D eigenvalue weighted by Gasteiger charge is 2.40. The Bertz CT molecular complexity index is 951. The van der Waals surface area contributed by atoms with Gasteiger partial charge >= 0.3 is 0 Å². The molecule has 0 radical (unpaired) electrons. The monoisotopic (exact) mass is 514 g/mol. The van der Waals surface area contributed by atoms with Crippen LogP contribution < -0.4 is 21.7 Å². The van der Waals surface area contributed by atoms with Crippen molar-refractivity contribution in [2.45, 2.75) is 102 Å². The van der Waals surface area contributed by atoms with E-state index in [1.165, 1.54) is 0 Å². The first-order valence-corrected chi connectivity index (χ1v) is 13.7. The number of rotatable bonds is 17. The number of anilines is 1. The van der Waals surface area contributed by atoms with Crippen LogP contribution in [-0.4, -0.2) is 48.9 Å². The van der Waals surface area contributed by atoms with E-state index in [4.69, 9.17) is 16.2 Å². The third-order valence-electron chi connectivity index (χ3n) is 7.19. The number of hydrogen-bond acceptors (Lipinski definition) is 5. The van der Waals surface area contributed by atoms with Crippen molar-refractivity contribution in [3.63, 3.8) is 0 Å². The minimum absolute atomic E-state index is 0.0124. The second kappa shape index (κ2) is 14.7. The van der Waals surface area contributed by atoms with Crippen molar-refractivity contribution in [2.24, 2.45) is 11.5 Å². The Morgan fingerprint density at radius 1 is 0.946 bits per heavy atom. The van der Waals surface area contributed by atoms with E-state index in [1.54, 1.807) is 4.90 Å². The van der Waals surface area contributed by atoms with Gasteiger partial charge < -0.3 is 21.5 Å². The van der Waals surface area contributed by atoms with Crippen molar-refractivity contribution in [3.05, 3.63) is 29.3 Å². The van der Waals surface area contributed by atoms with Crippen LogP contribution in [0.15, 0.2) is 18.2 Å². The highest BCUT2D eigenvalue weighted by Crippen LogP contribution is 2.38. The number of nitrogens with one attached hydrogen (secondary N) is 1. The van der Waals surface area contributed by atoms with Gasteiger partial charge in [0, 0.05) is 32.3 Å². The van der Waals surface area contributed by atoms with E-state index in [0.29, 0.717) is 38.9 Å². The van der Waals surface area contributed by atoms with Crippen LogP contribution in [0.2, 0.25) is 0 Å². The van der Waals surface area contributed by atoms with Gasteiger partial charge in [0.05, 0.1) is 18.3 Å². The van der Waals surface area contributed by atoms with Crippen LogP contribution in [0.25, 0.3) is 0 Å². The predicted octanol–water partition coefficient (Wildman–Crippen LogP) is 2.65. The van der Waals surface area contributed by atoms with Crippen LogP contribution >= 0.6 is 0 Å². The number of carbonyl (C=O) groups excluding carboxylic acids is 4. The van der Waals surface area contributed by atoms with Crippen molar-refractivity contribution in [1.29, 1.82) is 0 Å². The fraction of sp³-hybridized carbons (Fsp3) is 0.643. The Kier molecular flexibility index (Phi) is 11.4. The van der Waals surface area contributed by atoms with E-state index in [2.05, 4.69) is 5.32 Å². The number of benzene rings is 1. The minimum atomic E-state index is -0.583. The van der Waals surface area contributed by atoms with E-state index >= 15 is 0 Å². The summed E-state index contributed by atoms with van der Waals surface area (Å²) in [5, 5.41) is 3.04. The van der Waals surface area contributed by atoms with Crippen molar-refractivity contribution < 1.29 is 23.9 Å². The largest absolute Gasteiger partial charge is 0.379 e. The number of unbranched alkanes of at least 4 members (excludes halogenated alkanes) is 6. The number of hydrogen-bond donors (Lipinski definition) is 3. The van der Waals surface area contributed by atoms with Crippen molar-refractivity contribution in [1.82, 2.24) is 5.32 Å². The molecule has 4 amide bonds. The van der Waals surface area contributed by atoms with Gasteiger partial charge in [-0.1, -0.05) is 50.3 Å². The number of amides is 4. The summed E-state index contributed by atoms with van der Waals surface area (Å²) in [6, 6.07) is 5.09. The molecule has 37 heavy (non-hydrogen) atoms. The summed E-state index contributed by atoms with van der Waals surface area (Å²) in [5.41, 5.74) is 13.6. The lowest BCUT2D eigenvalue weighted by Crippen LogP contribution is -2.51. The predicted molar refractivity (Wildman–Crippen MR) is 142 cm³/mol. The molecule has 2 atom stereocenters. The van der Waals surface area contributed by atoms with Gasteiger partial charge in [0.2, 0.25) is 23.6 Å². The molecule has 2 aliphatic heterocycles. The van der Waals surface area contributed by atoms with E-state index in [1.807, 2.05) is 18.2 Å². The van der Waals surface area contributed by atoms with Gasteiger partial charge in [-0.05, 0) is 43.2 Å². The summed E-state index contributed by atoms with van der Waals surface area (Å²) >= 11 is 0.